The zero-order chi connectivity index (χ0) is 13.8. The Labute approximate surface area is 116 Å². The van der Waals surface area contributed by atoms with Gasteiger partial charge >= 0.3 is 0 Å². The second-order valence-corrected chi connectivity index (χ2v) is 5.79. The van der Waals surface area contributed by atoms with Crippen molar-refractivity contribution in [2.45, 2.75) is 58.9 Å². The van der Waals surface area contributed by atoms with Gasteiger partial charge < -0.3 is 0 Å². The van der Waals surface area contributed by atoms with E-state index in [0.717, 1.165) is 17.3 Å². The average molecular weight is 262 g/mol. The van der Waals surface area contributed by atoms with E-state index < -0.39 is 0 Å². The number of rotatable bonds is 4. The Bertz CT molecular complexity index is 419. The first-order valence-electron chi connectivity index (χ1n) is 7.44. The minimum absolute atomic E-state index is 0.208. The van der Waals surface area contributed by atoms with Gasteiger partial charge in [0.05, 0.1) is 17.4 Å². The second-order valence-electron chi connectivity index (χ2n) is 5.79. The number of nitrogens with two attached hydrogens (primary N) is 1. The van der Waals surface area contributed by atoms with Crippen LogP contribution in [0.1, 0.15) is 62.0 Å². The molecule has 1 aliphatic carbocycles. The Morgan fingerprint density at radius 1 is 1.32 bits per heavy atom. The molecule has 0 spiro atoms. The standard InChI is InChI=1S/C15H26N4/c1-4-12-7-5-6-8-13(12)15(17-16)14-9-10(2)18-19-11(14)3/h9,12-13,15,17H,4-8,16H2,1-3H3. The van der Waals surface area contributed by atoms with Crippen molar-refractivity contribution in [3.63, 3.8) is 0 Å². The number of hydrogen-bond donors (Lipinski definition) is 2. The summed E-state index contributed by atoms with van der Waals surface area (Å²) in [5.74, 6) is 7.26. The Morgan fingerprint density at radius 2 is 2.05 bits per heavy atom. The van der Waals surface area contributed by atoms with Crippen LogP contribution in [0.5, 0.6) is 0 Å². The lowest BCUT2D eigenvalue weighted by Gasteiger charge is -2.37. The molecule has 19 heavy (non-hydrogen) atoms. The van der Waals surface area contributed by atoms with Gasteiger partial charge in [0, 0.05) is 0 Å². The van der Waals surface area contributed by atoms with Gasteiger partial charge in [-0.05, 0) is 43.7 Å². The Morgan fingerprint density at radius 3 is 2.74 bits per heavy atom. The summed E-state index contributed by atoms with van der Waals surface area (Å²) >= 11 is 0. The number of hydrazine groups is 1. The summed E-state index contributed by atoms with van der Waals surface area (Å²) in [6, 6.07) is 2.34. The molecule has 0 amide bonds. The Hall–Kier alpha value is -1.00. The normalized spacial score (nSPS) is 25.3. The van der Waals surface area contributed by atoms with Gasteiger partial charge in [-0.15, -0.1) is 0 Å². The molecular formula is C15H26N4. The van der Waals surface area contributed by atoms with E-state index in [4.69, 9.17) is 5.84 Å². The van der Waals surface area contributed by atoms with Crippen molar-refractivity contribution in [3.05, 3.63) is 23.0 Å². The molecular weight excluding hydrogens is 236 g/mol. The van der Waals surface area contributed by atoms with Crippen LogP contribution in [0.2, 0.25) is 0 Å². The van der Waals surface area contributed by atoms with Crippen LogP contribution in [-0.2, 0) is 0 Å². The number of aromatic nitrogens is 2. The molecule has 1 aliphatic rings. The van der Waals surface area contributed by atoms with Gasteiger partial charge in [0.15, 0.2) is 0 Å². The molecule has 1 saturated carbocycles. The highest BCUT2D eigenvalue weighted by Crippen LogP contribution is 2.40. The molecule has 3 N–H and O–H groups in total. The van der Waals surface area contributed by atoms with Crippen molar-refractivity contribution in [3.8, 4) is 0 Å². The third-order valence-electron chi connectivity index (χ3n) is 4.57. The highest BCUT2D eigenvalue weighted by molar-refractivity contribution is 5.24. The Balaban J connectivity index is 2.29. The first-order chi connectivity index (χ1) is 9.17. The third-order valence-corrected chi connectivity index (χ3v) is 4.57. The molecule has 3 unspecified atom stereocenters. The Kier molecular flexibility index (Phi) is 4.88. The number of hydrogen-bond acceptors (Lipinski definition) is 4. The zero-order valence-electron chi connectivity index (χ0n) is 12.3. The fraction of sp³-hybridized carbons (Fsp3) is 0.733. The lowest BCUT2D eigenvalue weighted by atomic mass is 9.72. The van der Waals surface area contributed by atoms with E-state index >= 15 is 0 Å². The van der Waals surface area contributed by atoms with Crippen molar-refractivity contribution >= 4 is 0 Å². The molecule has 0 aromatic carbocycles. The number of nitrogens with zero attached hydrogens (tertiary/aromatic N) is 2. The molecule has 1 fully saturated rings. The van der Waals surface area contributed by atoms with E-state index in [0.29, 0.717) is 5.92 Å². The zero-order valence-corrected chi connectivity index (χ0v) is 12.3. The maximum atomic E-state index is 5.87. The molecule has 4 heteroatoms. The van der Waals surface area contributed by atoms with E-state index in [1.165, 1.54) is 37.7 Å². The topological polar surface area (TPSA) is 63.8 Å². The fourth-order valence-electron chi connectivity index (χ4n) is 3.51. The van der Waals surface area contributed by atoms with E-state index in [-0.39, 0.29) is 6.04 Å². The molecule has 1 aromatic rings. The first kappa shape index (κ1) is 14.4. The highest BCUT2D eigenvalue weighted by atomic mass is 15.2. The quantitative estimate of drug-likeness (QED) is 0.647. The van der Waals surface area contributed by atoms with Gasteiger partial charge in [0.25, 0.3) is 0 Å². The molecule has 1 aromatic heterocycles. The molecule has 0 aliphatic heterocycles. The van der Waals surface area contributed by atoms with Crippen molar-refractivity contribution in [2.75, 3.05) is 0 Å². The summed E-state index contributed by atoms with van der Waals surface area (Å²) in [5.41, 5.74) is 6.23. The van der Waals surface area contributed by atoms with Crippen LogP contribution < -0.4 is 11.3 Å². The van der Waals surface area contributed by atoms with Gasteiger partial charge in [-0.25, -0.2) is 0 Å². The maximum Gasteiger partial charge on any atom is 0.0648 e. The summed E-state index contributed by atoms with van der Waals surface area (Å²) in [6.07, 6.45) is 6.50. The van der Waals surface area contributed by atoms with E-state index in [1.807, 2.05) is 13.8 Å². The lowest BCUT2D eigenvalue weighted by molar-refractivity contribution is 0.175. The molecule has 3 atom stereocenters. The van der Waals surface area contributed by atoms with Crippen LogP contribution in [0.25, 0.3) is 0 Å². The number of nitrogens with one attached hydrogen (secondary N) is 1. The smallest absolute Gasteiger partial charge is 0.0648 e. The van der Waals surface area contributed by atoms with Gasteiger partial charge in [0.2, 0.25) is 0 Å². The second kappa shape index (κ2) is 6.44. The van der Waals surface area contributed by atoms with Crippen LogP contribution in [0.3, 0.4) is 0 Å². The van der Waals surface area contributed by atoms with Crippen LogP contribution in [0.15, 0.2) is 6.07 Å². The largest absolute Gasteiger partial charge is 0.271 e. The molecule has 4 nitrogen and oxygen atoms in total. The predicted molar refractivity (Wildman–Crippen MR) is 77.3 cm³/mol. The summed E-state index contributed by atoms with van der Waals surface area (Å²) in [5, 5.41) is 8.37. The minimum atomic E-state index is 0.208. The molecule has 2 rings (SSSR count). The molecule has 0 bridgehead atoms. The fourth-order valence-corrected chi connectivity index (χ4v) is 3.51. The molecule has 106 valence electrons. The van der Waals surface area contributed by atoms with Gasteiger partial charge in [0.1, 0.15) is 0 Å². The van der Waals surface area contributed by atoms with Gasteiger partial charge in [-0.2, -0.15) is 10.2 Å². The third kappa shape index (κ3) is 3.12. The lowest BCUT2D eigenvalue weighted by Crippen LogP contribution is -2.38. The van der Waals surface area contributed by atoms with Crippen LogP contribution >= 0.6 is 0 Å². The molecule has 1 heterocycles. The van der Waals surface area contributed by atoms with E-state index in [9.17, 15) is 0 Å². The molecule has 0 radical (unpaired) electrons. The van der Waals surface area contributed by atoms with Crippen LogP contribution in [0.4, 0.5) is 0 Å². The van der Waals surface area contributed by atoms with Crippen molar-refractivity contribution in [1.29, 1.82) is 0 Å². The minimum Gasteiger partial charge on any atom is -0.271 e. The van der Waals surface area contributed by atoms with Crippen molar-refractivity contribution < 1.29 is 0 Å². The predicted octanol–water partition coefficient (Wildman–Crippen LogP) is 2.81. The van der Waals surface area contributed by atoms with Crippen molar-refractivity contribution in [2.24, 2.45) is 17.7 Å². The summed E-state index contributed by atoms with van der Waals surface area (Å²) in [7, 11) is 0. The van der Waals surface area contributed by atoms with Crippen LogP contribution in [0, 0.1) is 25.7 Å². The summed E-state index contributed by atoms with van der Waals surface area (Å²) in [6.45, 7) is 6.30. The summed E-state index contributed by atoms with van der Waals surface area (Å²) < 4.78 is 0. The van der Waals surface area contributed by atoms with E-state index in [1.54, 1.807) is 0 Å². The van der Waals surface area contributed by atoms with Crippen LogP contribution in [-0.4, -0.2) is 10.2 Å². The molecule has 0 saturated heterocycles. The number of aryl methyl sites for hydroxylation is 2. The first-order valence-corrected chi connectivity index (χ1v) is 7.44. The maximum absolute atomic E-state index is 5.87. The van der Waals surface area contributed by atoms with E-state index in [2.05, 4.69) is 28.6 Å². The van der Waals surface area contributed by atoms with Gasteiger partial charge in [-0.3, -0.25) is 11.3 Å². The average Bonchev–Trinajstić information content (AvgIpc) is 2.44. The monoisotopic (exact) mass is 262 g/mol. The summed E-state index contributed by atoms with van der Waals surface area (Å²) in [4.78, 5) is 0. The SMILES string of the molecule is CCC1CCCCC1C(NN)c1cc(C)nnc1C. The highest BCUT2D eigenvalue weighted by Gasteiger charge is 2.32. The van der Waals surface area contributed by atoms with Gasteiger partial charge in [-0.1, -0.05) is 32.6 Å². The van der Waals surface area contributed by atoms with Crippen molar-refractivity contribution in [1.82, 2.24) is 15.6 Å².